The van der Waals surface area contributed by atoms with Gasteiger partial charge >= 0.3 is 0 Å². The molecule has 0 spiro atoms. The Morgan fingerprint density at radius 2 is 2.18 bits per heavy atom. The molecule has 1 aromatic rings. The number of carbonyl (C=O) groups excluding carboxylic acids is 1. The monoisotopic (exact) mass is 310 g/mol. The Bertz CT molecular complexity index is 565. The maximum Gasteiger partial charge on any atom is 0.256 e. The fourth-order valence-corrected chi connectivity index (χ4v) is 2.62. The van der Waals surface area contributed by atoms with Gasteiger partial charge in [-0.25, -0.2) is 8.78 Å². The SMILES string of the molecule is C=CCNCC1(O)CCCN(Cc2ccc(F)c(F)c2)C1=O. The van der Waals surface area contributed by atoms with Crippen molar-refractivity contribution < 1.29 is 18.7 Å². The molecule has 1 fully saturated rings. The Morgan fingerprint density at radius 3 is 2.86 bits per heavy atom. The summed E-state index contributed by atoms with van der Waals surface area (Å²) in [5, 5.41) is 13.4. The van der Waals surface area contributed by atoms with Crippen LogP contribution in [0.2, 0.25) is 0 Å². The van der Waals surface area contributed by atoms with Crippen LogP contribution >= 0.6 is 0 Å². The Balaban J connectivity index is 2.05. The third kappa shape index (κ3) is 3.69. The van der Waals surface area contributed by atoms with Crippen LogP contribution in [0.1, 0.15) is 18.4 Å². The zero-order valence-corrected chi connectivity index (χ0v) is 12.3. The van der Waals surface area contributed by atoms with Crippen molar-refractivity contribution in [2.75, 3.05) is 19.6 Å². The van der Waals surface area contributed by atoms with Crippen molar-refractivity contribution in [3.05, 3.63) is 48.1 Å². The van der Waals surface area contributed by atoms with Gasteiger partial charge in [0.1, 0.15) is 0 Å². The number of nitrogens with zero attached hydrogens (tertiary/aromatic N) is 1. The number of amides is 1. The third-order valence-corrected chi connectivity index (χ3v) is 3.77. The van der Waals surface area contributed by atoms with Crippen molar-refractivity contribution in [3.63, 3.8) is 0 Å². The molecule has 2 rings (SSSR count). The topological polar surface area (TPSA) is 52.6 Å². The molecule has 0 radical (unpaired) electrons. The van der Waals surface area contributed by atoms with Gasteiger partial charge in [-0.15, -0.1) is 6.58 Å². The molecule has 120 valence electrons. The molecule has 1 aliphatic heterocycles. The number of carbonyl (C=O) groups is 1. The number of aliphatic hydroxyl groups is 1. The molecule has 1 amide bonds. The fourth-order valence-electron chi connectivity index (χ4n) is 2.62. The lowest BCUT2D eigenvalue weighted by molar-refractivity contribution is -0.157. The van der Waals surface area contributed by atoms with E-state index in [4.69, 9.17) is 0 Å². The molecule has 4 nitrogen and oxygen atoms in total. The number of piperidine rings is 1. The summed E-state index contributed by atoms with van der Waals surface area (Å²) < 4.78 is 26.2. The summed E-state index contributed by atoms with van der Waals surface area (Å²) in [4.78, 5) is 13.9. The molecule has 1 aliphatic rings. The normalized spacial score (nSPS) is 22.0. The van der Waals surface area contributed by atoms with E-state index >= 15 is 0 Å². The first-order chi connectivity index (χ1) is 10.5. The quantitative estimate of drug-likeness (QED) is 0.620. The molecular weight excluding hydrogens is 290 g/mol. The molecule has 1 aromatic carbocycles. The number of hydrogen-bond donors (Lipinski definition) is 2. The summed E-state index contributed by atoms with van der Waals surface area (Å²) in [7, 11) is 0. The molecule has 1 unspecified atom stereocenters. The highest BCUT2D eigenvalue weighted by Crippen LogP contribution is 2.24. The van der Waals surface area contributed by atoms with Crippen LogP contribution in [0.5, 0.6) is 0 Å². The van der Waals surface area contributed by atoms with Crippen molar-refractivity contribution in [1.29, 1.82) is 0 Å². The molecule has 0 aliphatic carbocycles. The van der Waals surface area contributed by atoms with E-state index in [1.165, 1.54) is 11.0 Å². The zero-order valence-electron chi connectivity index (χ0n) is 12.3. The van der Waals surface area contributed by atoms with E-state index in [-0.39, 0.29) is 19.0 Å². The predicted molar refractivity (Wildman–Crippen MR) is 79.0 cm³/mol. The average molecular weight is 310 g/mol. The maximum absolute atomic E-state index is 13.2. The highest BCUT2D eigenvalue weighted by Gasteiger charge is 2.41. The second-order valence-corrected chi connectivity index (χ2v) is 5.53. The van der Waals surface area contributed by atoms with Gasteiger partial charge in [-0.05, 0) is 30.5 Å². The number of rotatable bonds is 6. The summed E-state index contributed by atoms with van der Waals surface area (Å²) in [5.41, 5.74) is -0.963. The van der Waals surface area contributed by atoms with E-state index < -0.39 is 17.2 Å². The highest BCUT2D eigenvalue weighted by atomic mass is 19.2. The van der Waals surface area contributed by atoms with Crippen LogP contribution in [0, 0.1) is 11.6 Å². The fraction of sp³-hybridized carbons (Fsp3) is 0.438. The molecule has 1 saturated heterocycles. The summed E-state index contributed by atoms with van der Waals surface area (Å²) in [6.07, 6.45) is 2.68. The second kappa shape index (κ2) is 6.98. The molecule has 0 aromatic heterocycles. The minimum Gasteiger partial charge on any atom is -0.379 e. The molecule has 2 N–H and O–H groups in total. The van der Waals surface area contributed by atoms with Crippen LogP contribution in [-0.2, 0) is 11.3 Å². The van der Waals surface area contributed by atoms with Crippen LogP contribution in [0.3, 0.4) is 0 Å². The van der Waals surface area contributed by atoms with Crippen LogP contribution < -0.4 is 5.32 Å². The first-order valence-electron chi connectivity index (χ1n) is 7.23. The first-order valence-corrected chi connectivity index (χ1v) is 7.23. The number of halogens is 2. The van der Waals surface area contributed by atoms with Gasteiger partial charge in [-0.1, -0.05) is 12.1 Å². The number of benzene rings is 1. The van der Waals surface area contributed by atoms with Crippen LogP contribution in [0.15, 0.2) is 30.9 Å². The standard InChI is InChI=1S/C16H20F2N2O2/c1-2-7-19-11-16(22)6-3-8-20(15(16)21)10-12-4-5-13(17)14(18)9-12/h2,4-5,9,19,22H,1,3,6-8,10-11H2. The summed E-state index contributed by atoms with van der Waals surface area (Å²) >= 11 is 0. The van der Waals surface area contributed by atoms with Gasteiger partial charge in [0.05, 0.1) is 0 Å². The molecule has 6 heteroatoms. The van der Waals surface area contributed by atoms with E-state index in [0.717, 1.165) is 12.1 Å². The van der Waals surface area contributed by atoms with Gasteiger partial charge in [-0.3, -0.25) is 4.79 Å². The van der Waals surface area contributed by atoms with Gasteiger partial charge < -0.3 is 15.3 Å². The van der Waals surface area contributed by atoms with Gasteiger partial charge in [-0.2, -0.15) is 0 Å². The minimum absolute atomic E-state index is 0.145. The predicted octanol–water partition coefficient (Wildman–Crippen LogP) is 1.59. The molecule has 0 saturated carbocycles. The molecular formula is C16H20F2N2O2. The van der Waals surface area contributed by atoms with E-state index in [1.54, 1.807) is 6.08 Å². The lowest BCUT2D eigenvalue weighted by Gasteiger charge is -2.38. The van der Waals surface area contributed by atoms with Crippen LogP contribution in [0.4, 0.5) is 8.78 Å². The first kappa shape index (κ1) is 16.6. The minimum atomic E-state index is -1.46. The smallest absolute Gasteiger partial charge is 0.256 e. The van der Waals surface area contributed by atoms with Crippen LogP contribution in [-0.4, -0.2) is 41.1 Å². The Kier molecular flexibility index (Phi) is 5.26. The molecule has 1 heterocycles. The van der Waals surface area contributed by atoms with Crippen molar-refractivity contribution in [3.8, 4) is 0 Å². The van der Waals surface area contributed by atoms with Crippen molar-refractivity contribution in [1.82, 2.24) is 10.2 Å². The van der Waals surface area contributed by atoms with E-state index in [1.807, 2.05) is 0 Å². The van der Waals surface area contributed by atoms with Crippen molar-refractivity contribution in [2.45, 2.75) is 25.0 Å². The van der Waals surface area contributed by atoms with Gasteiger partial charge in [0.15, 0.2) is 17.2 Å². The Labute approximate surface area is 128 Å². The summed E-state index contributed by atoms with van der Waals surface area (Å²) in [6.45, 7) is 4.85. The van der Waals surface area contributed by atoms with E-state index in [9.17, 15) is 18.7 Å². The largest absolute Gasteiger partial charge is 0.379 e. The molecule has 0 bridgehead atoms. The molecule has 1 atom stereocenters. The Hall–Kier alpha value is -1.79. The maximum atomic E-state index is 13.2. The number of nitrogens with one attached hydrogen (secondary N) is 1. The average Bonchev–Trinajstić information content (AvgIpc) is 2.48. The summed E-state index contributed by atoms with van der Waals surface area (Å²) in [6, 6.07) is 3.55. The second-order valence-electron chi connectivity index (χ2n) is 5.53. The summed E-state index contributed by atoms with van der Waals surface area (Å²) in [5.74, 6) is -2.25. The van der Waals surface area contributed by atoms with Gasteiger partial charge in [0.25, 0.3) is 5.91 Å². The lowest BCUT2D eigenvalue weighted by atomic mass is 9.91. The highest BCUT2D eigenvalue weighted by molar-refractivity contribution is 5.86. The van der Waals surface area contributed by atoms with Gasteiger partial charge in [0, 0.05) is 26.2 Å². The number of hydrogen-bond acceptors (Lipinski definition) is 3. The van der Waals surface area contributed by atoms with Crippen molar-refractivity contribution >= 4 is 5.91 Å². The lowest BCUT2D eigenvalue weighted by Crippen LogP contribution is -2.57. The third-order valence-electron chi connectivity index (χ3n) is 3.77. The van der Waals surface area contributed by atoms with Gasteiger partial charge in [0.2, 0.25) is 0 Å². The van der Waals surface area contributed by atoms with E-state index in [0.29, 0.717) is 31.5 Å². The van der Waals surface area contributed by atoms with Crippen LogP contribution in [0.25, 0.3) is 0 Å². The molecule has 22 heavy (non-hydrogen) atoms. The number of likely N-dealkylation sites (tertiary alicyclic amines) is 1. The van der Waals surface area contributed by atoms with E-state index in [2.05, 4.69) is 11.9 Å². The zero-order chi connectivity index (χ0) is 16.2. The van der Waals surface area contributed by atoms with Crippen molar-refractivity contribution in [2.24, 2.45) is 0 Å². The Morgan fingerprint density at radius 1 is 1.41 bits per heavy atom.